The van der Waals surface area contributed by atoms with Crippen molar-refractivity contribution in [3.63, 3.8) is 0 Å². The van der Waals surface area contributed by atoms with E-state index in [1.165, 1.54) is 16.7 Å². The molecule has 1 fully saturated rings. The molecule has 0 spiro atoms. The molecule has 1 N–H and O–H groups in total. The molecule has 0 saturated carbocycles. The van der Waals surface area contributed by atoms with Crippen LogP contribution in [0.4, 0.5) is 11.4 Å². The fourth-order valence-electron chi connectivity index (χ4n) is 5.22. The number of esters is 2. The topological polar surface area (TPSA) is 102 Å². The summed E-state index contributed by atoms with van der Waals surface area (Å²) in [6.07, 6.45) is 3.20. The lowest BCUT2D eigenvalue weighted by Gasteiger charge is -2.25. The normalized spacial score (nSPS) is 15.2. The van der Waals surface area contributed by atoms with Crippen LogP contribution in [0.5, 0.6) is 0 Å². The molecule has 0 aliphatic carbocycles. The van der Waals surface area contributed by atoms with E-state index in [-0.39, 0.29) is 31.3 Å². The predicted molar refractivity (Wildman–Crippen MR) is 185 cm³/mol. The van der Waals surface area contributed by atoms with Crippen LogP contribution in [0.15, 0.2) is 94.1 Å². The number of benzene rings is 3. The van der Waals surface area contributed by atoms with Crippen LogP contribution in [0.25, 0.3) is 6.08 Å². The molecule has 2 aliphatic heterocycles. The molecule has 2 aliphatic rings. The Morgan fingerprint density at radius 3 is 2.28 bits per heavy atom. The number of nitrogens with one attached hydrogen (secondary N) is 1. The molecule has 236 valence electrons. The van der Waals surface area contributed by atoms with Gasteiger partial charge < -0.3 is 14.8 Å². The number of hydrogen-bond donors (Lipinski definition) is 1. The maximum atomic E-state index is 13.9. The van der Waals surface area contributed by atoms with Gasteiger partial charge in [0.05, 0.1) is 29.5 Å². The van der Waals surface area contributed by atoms with Crippen molar-refractivity contribution >= 4 is 81.1 Å². The van der Waals surface area contributed by atoms with Crippen LogP contribution in [0.3, 0.4) is 0 Å². The maximum absolute atomic E-state index is 13.9. The van der Waals surface area contributed by atoms with Crippen LogP contribution in [0.1, 0.15) is 47.7 Å². The van der Waals surface area contributed by atoms with Crippen LogP contribution in [0.2, 0.25) is 0 Å². The van der Waals surface area contributed by atoms with E-state index < -0.39 is 23.8 Å². The largest absolute Gasteiger partial charge is 0.465 e. The highest BCUT2D eigenvalue weighted by atomic mass is 32.2. The Balaban J connectivity index is 1.45. The van der Waals surface area contributed by atoms with E-state index >= 15 is 0 Å². The molecule has 1 amide bonds. The number of carbonyl (C=O) groups is 4. The molecule has 8 nitrogen and oxygen atoms in total. The highest BCUT2D eigenvalue weighted by Gasteiger charge is 2.40. The number of para-hydroxylation sites is 1. The molecule has 46 heavy (non-hydrogen) atoms. The van der Waals surface area contributed by atoms with Crippen LogP contribution in [-0.2, 0) is 23.9 Å². The van der Waals surface area contributed by atoms with Gasteiger partial charge in [0.1, 0.15) is 4.32 Å². The van der Waals surface area contributed by atoms with Crippen LogP contribution >= 0.6 is 35.7 Å². The van der Waals surface area contributed by atoms with Gasteiger partial charge in [0.15, 0.2) is 11.7 Å². The summed E-state index contributed by atoms with van der Waals surface area (Å²) in [6.45, 7) is 7.45. The third kappa shape index (κ3) is 7.27. The number of fused-ring (bicyclic) bond motifs is 2. The number of ketones is 1. The smallest absolute Gasteiger partial charge is 0.320 e. The van der Waals surface area contributed by atoms with Gasteiger partial charge in [-0.05, 0) is 55.3 Å². The highest BCUT2D eigenvalue weighted by molar-refractivity contribution is 8.26. The first-order valence-corrected chi connectivity index (χ1v) is 16.8. The van der Waals surface area contributed by atoms with Gasteiger partial charge >= 0.3 is 11.9 Å². The van der Waals surface area contributed by atoms with Crippen molar-refractivity contribution in [1.82, 2.24) is 4.90 Å². The molecule has 3 aromatic carbocycles. The van der Waals surface area contributed by atoms with Gasteiger partial charge in [-0.15, -0.1) is 6.58 Å². The number of carbonyl (C=O) groups excluding carboxylic acids is 4. The number of ether oxygens (including phenoxy) is 2. The summed E-state index contributed by atoms with van der Waals surface area (Å²) >= 11 is 8.16. The van der Waals surface area contributed by atoms with E-state index in [0.717, 1.165) is 26.7 Å². The third-order valence-electron chi connectivity index (χ3n) is 7.41. The average molecular weight is 673 g/mol. The summed E-state index contributed by atoms with van der Waals surface area (Å²) < 4.78 is 11.0. The monoisotopic (exact) mass is 672 g/mol. The lowest BCUT2D eigenvalue weighted by atomic mass is 9.81. The summed E-state index contributed by atoms with van der Waals surface area (Å²) in [7, 11) is 0. The molecule has 1 saturated heterocycles. The first-order valence-electron chi connectivity index (χ1n) is 14.7. The van der Waals surface area contributed by atoms with Crippen molar-refractivity contribution in [2.24, 2.45) is 5.92 Å². The van der Waals surface area contributed by atoms with Crippen molar-refractivity contribution in [2.75, 3.05) is 25.1 Å². The number of anilines is 2. The van der Waals surface area contributed by atoms with E-state index in [4.69, 9.17) is 21.7 Å². The summed E-state index contributed by atoms with van der Waals surface area (Å²) in [6, 6.07) is 20.4. The van der Waals surface area contributed by atoms with Gasteiger partial charge in [-0.3, -0.25) is 24.1 Å². The van der Waals surface area contributed by atoms with Crippen molar-refractivity contribution in [3.05, 3.63) is 101 Å². The number of rotatable bonds is 12. The molecule has 5 rings (SSSR count). The molecular formula is C35H32N2O6S3. The Labute approximate surface area is 281 Å². The molecule has 3 aromatic rings. The zero-order valence-electron chi connectivity index (χ0n) is 25.3. The Morgan fingerprint density at radius 2 is 1.61 bits per heavy atom. The first-order chi connectivity index (χ1) is 22.2. The number of hydrogen-bond acceptors (Lipinski definition) is 10. The highest BCUT2D eigenvalue weighted by Crippen LogP contribution is 2.44. The Bertz CT molecular complexity index is 1720. The predicted octanol–water partition coefficient (Wildman–Crippen LogP) is 7.38. The number of amides is 1. The minimum Gasteiger partial charge on any atom is -0.465 e. The van der Waals surface area contributed by atoms with Gasteiger partial charge in [-0.1, -0.05) is 84.3 Å². The maximum Gasteiger partial charge on any atom is 0.320 e. The number of thioether (sulfide) groups is 1. The fourth-order valence-corrected chi connectivity index (χ4v) is 7.47. The second kappa shape index (κ2) is 14.9. The first kappa shape index (κ1) is 33.2. The minimum absolute atomic E-state index is 0.0635. The zero-order valence-corrected chi connectivity index (χ0v) is 27.8. The van der Waals surface area contributed by atoms with Crippen molar-refractivity contribution < 1.29 is 28.7 Å². The molecule has 1 atom stereocenters. The fraction of sp³-hybridized carbons (Fsp3) is 0.229. The van der Waals surface area contributed by atoms with Crippen LogP contribution in [-0.4, -0.2) is 52.6 Å². The molecule has 2 heterocycles. The molecule has 0 bridgehead atoms. The summed E-state index contributed by atoms with van der Waals surface area (Å²) in [5, 5.41) is 3.40. The third-order valence-corrected chi connectivity index (χ3v) is 9.94. The molecule has 0 aromatic heterocycles. The Hall–Kier alpha value is -4.19. The zero-order chi connectivity index (χ0) is 32.8. The molecular weight excluding hydrogens is 641 g/mol. The van der Waals surface area contributed by atoms with E-state index in [2.05, 4.69) is 11.9 Å². The van der Waals surface area contributed by atoms with Gasteiger partial charge in [-0.2, -0.15) is 0 Å². The van der Waals surface area contributed by atoms with Crippen molar-refractivity contribution in [3.8, 4) is 0 Å². The van der Waals surface area contributed by atoms with E-state index in [1.54, 1.807) is 74.2 Å². The Kier molecular flexibility index (Phi) is 10.8. The lowest BCUT2D eigenvalue weighted by molar-refractivity contribution is -0.162. The van der Waals surface area contributed by atoms with Gasteiger partial charge in [0.2, 0.25) is 0 Å². The van der Waals surface area contributed by atoms with Gasteiger partial charge in [0, 0.05) is 34.2 Å². The second-order valence-electron chi connectivity index (χ2n) is 10.4. The van der Waals surface area contributed by atoms with Crippen molar-refractivity contribution in [1.29, 1.82) is 0 Å². The summed E-state index contributed by atoms with van der Waals surface area (Å²) in [5.74, 6) is -4.18. The minimum atomic E-state index is -1.36. The van der Waals surface area contributed by atoms with Gasteiger partial charge in [-0.25, -0.2) is 0 Å². The summed E-state index contributed by atoms with van der Waals surface area (Å²) in [5.41, 5.74) is 3.50. The van der Waals surface area contributed by atoms with Crippen molar-refractivity contribution in [2.45, 2.75) is 36.0 Å². The lowest BCUT2D eigenvalue weighted by Crippen LogP contribution is -2.34. The molecule has 0 radical (unpaired) electrons. The van der Waals surface area contributed by atoms with E-state index in [1.807, 2.05) is 30.3 Å². The van der Waals surface area contributed by atoms with E-state index in [9.17, 15) is 19.2 Å². The number of nitrogens with zero attached hydrogens (tertiary/aromatic N) is 1. The standard InChI is InChI=1S/C35H32N2O6S3/c1-4-17-37-32(39)30(46-35(37)44)18-21-11-13-22(14-12-21)24(31(33(40)42-5-2)34(41)43-6-3)20-27(38)23-15-16-29-26(19-23)36-25-9-7-8-10-28(25)45-29/h4,7-16,18-19,24,31,36H,1,5-6,17,20H2,2-3H3/b30-18+. The second-order valence-corrected chi connectivity index (χ2v) is 13.2. The average Bonchev–Trinajstić information content (AvgIpc) is 3.31. The molecule has 1 unspecified atom stereocenters. The van der Waals surface area contributed by atoms with Gasteiger partial charge in [0.25, 0.3) is 5.91 Å². The van der Waals surface area contributed by atoms with E-state index in [0.29, 0.717) is 26.9 Å². The SMILES string of the molecule is C=CCN1C(=O)/C(=C\c2ccc(C(CC(=O)c3ccc4c(c3)Nc3ccccc3S4)C(C(=O)OCC)C(=O)OCC)cc2)SC1=S. The van der Waals surface area contributed by atoms with Crippen LogP contribution in [0, 0.1) is 5.92 Å². The molecule has 11 heteroatoms. The quantitative estimate of drug-likeness (QED) is 0.0410. The number of Topliss-reactive ketones (excluding diaryl/α,β-unsaturated/α-hetero) is 1. The van der Waals surface area contributed by atoms with Crippen LogP contribution < -0.4 is 5.32 Å². The Morgan fingerprint density at radius 1 is 0.935 bits per heavy atom. The summed E-state index contributed by atoms with van der Waals surface area (Å²) in [4.78, 5) is 57.2. The number of thiocarbonyl (C=S) groups is 1.